The Kier molecular flexibility index (Phi) is 5.70. The van der Waals surface area contributed by atoms with Crippen LogP contribution in [0.1, 0.15) is 22.3 Å². The molecular formula is C21H21ClFN3O2. The van der Waals surface area contributed by atoms with Gasteiger partial charge in [0.25, 0.3) is 0 Å². The summed E-state index contributed by atoms with van der Waals surface area (Å²) in [6.45, 7) is 6.39. The largest absolute Gasteiger partial charge is 0.490 e. The maximum atomic E-state index is 13.5. The van der Waals surface area contributed by atoms with Crippen molar-refractivity contribution >= 4 is 23.2 Å². The molecule has 0 saturated heterocycles. The lowest BCUT2D eigenvalue weighted by Crippen LogP contribution is -2.19. The van der Waals surface area contributed by atoms with E-state index < -0.39 is 11.4 Å². The number of hydrogen-bond acceptors (Lipinski definition) is 4. The number of benzene rings is 2. The van der Waals surface area contributed by atoms with Crippen LogP contribution in [0.25, 0.3) is 0 Å². The number of aromatic nitrogens is 2. The van der Waals surface area contributed by atoms with E-state index in [-0.39, 0.29) is 10.8 Å². The number of nitrogens with one attached hydrogen (secondary N) is 1. The quantitative estimate of drug-likeness (QED) is 0.669. The van der Waals surface area contributed by atoms with E-state index in [0.717, 1.165) is 22.4 Å². The van der Waals surface area contributed by atoms with Gasteiger partial charge in [0.1, 0.15) is 5.82 Å². The van der Waals surface area contributed by atoms with Gasteiger partial charge in [0.05, 0.1) is 24.9 Å². The molecule has 2 aromatic carbocycles. The summed E-state index contributed by atoms with van der Waals surface area (Å²) in [6.07, 6.45) is 1.57. The minimum atomic E-state index is -0.481. The van der Waals surface area contributed by atoms with E-state index in [1.807, 2.05) is 26.8 Å². The van der Waals surface area contributed by atoms with E-state index in [9.17, 15) is 9.18 Å². The molecule has 0 spiro atoms. The molecule has 3 aromatic rings. The van der Waals surface area contributed by atoms with Crippen molar-refractivity contribution in [1.29, 1.82) is 0 Å². The molecule has 146 valence electrons. The molecule has 0 aliphatic heterocycles. The summed E-state index contributed by atoms with van der Waals surface area (Å²) in [4.78, 5) is 16.3. The number of ether oxygens (including phenoxy) is 1. The zero-order valence-corrected chi connectivity index (χ0v) is 16.9. The lowest BCUT2D eigenvalue weighted by atomic mass is 10.1. The minimum Gasteiger partial charge on any atom is -0.490 e. The molecule has 0 radical (unpaired) electrons. The first kappa shape index (κ1) is 19.9. The maximum absolute atomic E-state index is 13.5. The van der Waals surface area contributed by atoms with Gasteiger partial charge in [-0.15, -0.1) is 0 Å². The van der Waals surface area contributed by atoms with Gasteiger partial charge in [-0.1, -0.05) is 23.7 Å². The molecule has 0 saturated carbocycles. The number of methoxy groups -OCH3 is 1. The van der Waals surface area contributed by atoms with Gasteiger partial charge in [-0.2, -0.15) is 4.98 Å². The predicted molar refractivity (Wildman–Crippen MR) is 109 cm³/mol. The van der Waals surface area contributed by atoms with Crippen molar-refractivity contribution in [2.24, 2.45) is 0 Å². The van der Waals surface area contributed by atoms with Crippen LogP contribution in [0.2, 0.25) is 5.02 Å². The van der Waals surface area contributed by atoms with Crippen LogP contribution in [0.15, 0.2) is 41.3 Å². The monoisotopic (exact) mass is 401 g/mol. The van der Waals surface area contributed by atoms with E-state index in [2.05, 4.69) is 16.4 Å². The van der Waals surface area contributed by atoms with Crippen LogP contribution in [-0.2, 0) is 6.54 Å². The number of halogens is 2. The summed E-state index contributed by atoms with van der Waals surface area (Å²) in [7, 11) is 1.41. The molecule has 0 aliphatic rings. The number of hydrogen-bond donors (Lipinski definition) is 1. The van der Waals surface area contributed by atoms with Crippen LogP contribution in [-0.4, -0.2) is 16.7 Å². The van der Waals surface area contributed by atoms with Crippen LogP contribution in [0.4, 0.5) is 16.0 Å². The first-order chi connectivity index (χ1) is 13.3. The van der Waals surface area contributed by atoms with E-state index in [0.29, 0.717) is 12.5 Å². The molecule has 1 aromatic heterocycles. The molecule has 28 heavy (non-hydrogen) atoms. The Morgan fingerprint density at radius 2 is 1.86 bits per heavy atom. The Hall–Kier alpha value is -2.86. The third kappa shape index (κ3) is 4.17. The fourth-order valence-corrected chi connectivity index (χ4v) is 3.09. The standard InChI is InChI=1S/C21H21ClFN3O2/c1-12-7-14(3)18(8-13(12)2)24-21-25-20(27)19(28-4)11-26(21)10-15-5-6-17(23)16(22)9-15/h5-9,11H,10H2,1-4H3,(H,24,25,27). The Labute approximate surface area is 167 Å². The van der Waals surface area contributed by atoms with Crippen molar-refractivity contribution in [2.75, 3.05) is 12.4 Å². The van der Waals surface area contributed by atoms with Crippen molar-refractivity contribution in [3.63, 3.8) is 0 Å². The van der Waals surface area contributed by atoms with Gasteiger partial charge < -0.3 is 14.6 Å². The van der Waals surface area contributed by atoms with Gasteiger partial charge >= 0.3 is 5.56 Å². The van der Waals surface area contributed by atoms with E-state index >= 15 is 0 Å². The van der Waals surface area contributed by atoms with Crippen LogP contribution in [0.5, 0.6) is 5.75 Å². The summed E-state index contributed by atoms with van der Waals surface area (Å²) in [5.74, 6) is -0.00157. The Bertz CT molecular complexity index is 1100. The molecule has 0 fully saturated rings. The van der Waals surface area contributed by atoms with Crippen LogP contribution in [0.3, 0.4) is 0 Å². The molecule has 5 nitrogen and oxygen atoms in total. The SMILES string of the molecule is COc1cn(Cc2ccc(F)c(Cl)c2)c(Nc2cc(C)c(C)cc2C)nc1=O. The summed E-state index contributed by atoms with van der Waals surface area (Å²) in [5, 5.41) is 3.28. The smallest absolute Gasteiger partial charge is 0.316 e. The lowest BCUT2D eigenvalue weighted by molar-refractivity contribution is 0.402. The Balaban J connectivity index is 2.04. The first-order valence-electron chi connectivity index (χ1n) is 8.72. The van der Waals surface area contributed by atoms with Crippen molar-refractivity contribution in [1.82, 2.24) is 9.55 Å². The normalized spacial score (nSPS) is 10.8. The molecule has 7 heteroatoms. The highest BCUT2D eigenvalue weighted by atomic mass is 35.5. The molecule has 3 rings (SSSR count). The first-order valence-corrected chi connectivity index (χ1v) is 9.10. The van der Waals surface area contributed by atoms with Gasteiger partial charge in [0.2, 0.25) is 11.7 Å². The predicted octanol–water partition coefficient (Wildman–Crippen LogP) is 4.76. The number of nitrogens with zero attached hydrogens (tertiary/aromatic N) is 2. The van der Waals surface area contributed by atoms with E-state index in [1.165, 1.54) is 18.7 Å². The highest BCUT2D eigenvalue weighted by Gasteiger charge is 2.12. The average Bonchev–Trinajstić information content (AvgIpc) is 2.64. The van der Waals surface area contributed by atoms with Crippen LogP contribution >= 0.6 is 11.6 Å². The molecule has 0 unspecified atom stereocenters. The highest BCUT2D eigenvalue weighted by Crippen LogP contribution is 2.24. The Morgan fingerprint density at radius 3 is 2.54 bits per heavy atom. The van der Waals surface area contributed by atoms with Gasteiger partial charge in [0, 0.05) is 5.69 Å². The lowest BCUT2D eigenvalue weighted by Gasteiger charge is -2.17. The Morgan fingerprint density at radius 1 is 1.14 bits per heavy atom. The maximum Gasteiger partial charge on any atom is 0.316 e. The zero-order valence-electron chi connectivity index (χ0n) is 16.1. The van der Waals surface area contributed by atoms with Crippen molar-refractivity contribution in [2.45, 2.75) is 27.3 Å². The van der Waals surface area contributed by atoms with E-state index in [1.54, 1.807) is 22.9 Å². The topological polar surface area (TPSA) is 56.1 Å². The summed E-state index contributed by atoms with van der Waals surface area (Å²) in [5.41, 5.74) is 4.49. The van der Waals surface area contributed by atoms with Crippen molar-refractivity contribution < 1.29 is 9.13 Å². The second-order valence-corrected chi connectivity index (χ2v) is 7.10. The highest BCUT2D eigenvalue weighted by molar-refractivity contribution is 6.30. The molecule has 1 heterocycles. The summed E-state index contributed by atoms with van der Waals surface area (Å²) in [6, 6.07) is 8.58. The molecule has 0 bridgehead atoms. The van der Waals surface area contributed by atoms with E-state index in [4.69, 9.17) is 16.3 Å². The molecular weight excluding hydrogens is 381 g/mol. The molecule has 0 amide bonds. The second kappa shape index (κ2) is 8.02. The average molecular weight is 402 g/mol. The zero-order chi connectivity index (χ0) is 20.4. The fraction of sp³-hybridized carbons (Fsp3) is 0.238. The second-order valence-electron chi connectivity index (χ2n) is 6.69. The van der Waals surface area contributed by atoms with Gasteiger partial charge in [0.15, 0.2) is 0 Å². The van der Waals surface area contributed by atoms with Gasteiger partial charge in [-0.25, -0.2) is 4.39 Å². The van der Waals surface area contributed by atoms with Crippen LogP contribution < -0.4 is 15.6 Å². The minimum absolute atomic E-state index is 0.0398. The molecule has 0 atom stereocenters. The summed E-state index contributed by atoms with van der Waals surface area (Å²) >= 11 is 5.90. The number of rotatable bonds is 5. The van der Waals surface area contributed by atoms with Crippen molar-refractivity contribution in [3.8, 4) is 5.75 Å². The van der Waals surface area contributed by atoms with Gasteiger partial charge in [-0.3, -0.25) is 4.79 Å². The fourth-order valence-electron chi connectivity index (χ4n) is 2.88. The third-order valence-corrected chi connectivity index (χ3v) is 4.90. The summed E-state index contributed by atoms with van der Waals surface area (Å²) < 4.78 is 20.3. The molecule has 1 N–H and O–H groups in total. The van der Waals surface area contributed by atoms with Crippen LogP contribution in [0, 0.1) is 26.6 Å². The van der Waals surface area contributed by atoms with Gasteiger partial charge in [-0.05, 0) is 61.2 Å². The van der Waals surface area contributed by atoms with Crippen molar-refractivity contribution in [3.05, 3.63) is 80.0 Å². The third-order valence-electron chi connectivity index (χ3n) is 4.61. The molecule has 0 aliphatic carbocycles. The number of aryl methyl sites for hydroxylation is 3. The number of anilines is 2.